The van der Waals surface area contributed by atoms with Gasteiger partial charge in [0.25, 0.3) is 5.91 Å². The predicted molar refractivity (Wildman–Crippen MR) is 80.9 cm³/mol. The topological polar surface area (TPSA) is 81.9 Å². The number of hydrogen-bond acceptors (Lipinski definition) is 4. The number of hydrazone groups is 1. The van der Waals surface area contributed by atoms with Gasteiger partial charge in [-0.1, -0.05) is 17.7 Å². The maximum Gasteiger partial charge on any atom is 0.271 e. The van der Waals surface area contributed by atoms with Crippen molar-refractivity contribution in [2.45, 2.75) is 6.92 Å². The fourth-order valence-electron chi connectivity index (χ4n) is 1.72. The summed E-state index contributed by atoms with van der Waals surface area (Å²) < 4.78 is 0. The zero-order valence-corrected chi connectivity index (χ0v) is 11.9. The summed E-state index contributed by atoms with van der Waals surface area (Å²) in [5, 5.41) is 23.3. The van der Waals surface area contributed by atoms with Gasteiger partial charge in [-0.2, -0.15) is 5.10 Å². The summed E-state index contributed by atoms with van der Waals surface area (Å²) in [5.41, 5.74) is 3.59. The summed E-state index contributed by atoms with van der Waals surface area (Å²) in [6, 6.07) is 10.6. The molecule has 2 aromatic rings. The molecule has 0 unspecified atom stereocenters. The van der Waals surface area contributed by atoms with Crippen LogP contribution in [0.1, 0.15) is 22.8 Å². The Hall–Kier alpha value is -2.53. The van der Waals surface area contributed by atoms with Crippen LogP contribution in [0, 0.1) is 0 Å². The molecule has 2 aromatic carbocycles. The van der Waals surface area contributed by atoms with Crippen LogP contribution in [0.15, 0.2) is 47.6 Å². The number of nitrogens with zero attached hydrogens (tertiary/aromatic N) is 1. The van der Waals surface area contributed by atoms with Crippen molar-refractivity contribution in [2.24, 2.45) is 5.10 Å². The molecule has 0 fully saturated rings. The highest BCUT2D eigenvalue weighted by molar-refractivity contribution is 6.30. The molecule has 0 radical (unpaired) electrons. The van der Waals surface area contributed by atoms with Crippen LogP contribution < -0.4 is 5.43 Å². The molecule has 21 heavy (non-hydrogen) atoms. The molecule has 0 spiro atoms. The van der Waals surface area contributed by atoms with E-state index < -0.39 is 5.91 Å². The minimum atomic E-state index is -0.407. The lowest BCUT2D eigenvalue weighted by molar-refractivity contribution is 0.0955. The average molecular weight is 305 g/mol. The Labute approximate surface area is 126 Å². The first-order chi connectivity index (χ1) is 9.97. The number of nitrogens with one attached hydrogen (secondary N) is 1. The van der Waals surface area contributed by atoms with Gasteiger partial charge in [0.05, 0.1) is 5.71 Å². The predicted octanol–water partition coefficient (Wildman–Crippen LogP) is 2.91. The molecule has 0 aliphatic carbocycles. The van der Waals surface area contributed by atoms with Crippen molar-refractivity contribution in [3.63, 3.8) is 0 Å². The molecule has 5 nitrogen and oxygen atoms in total. The normalized spacial score (nSPS) is 11.2. The highest BCUT2D eigenvalue weighted by Crippen LogP contribution is 2.23. The summed E-state index contributed by atoms with van der Waals surface area (Å²) >= 11 is 5.81. The zero-order chi connectivity index (χ0) is 15.4. The van der Waals surface area contributed by atoms with E-state index >= 15 is 0 Å². The first kappa shape index (κ1) is 14.9. The largest absolute Gasteiger partial charge is 0.508 e. The minimum Gasteiger partial charge on any atom is -0.508 e. The van der Waals surface area contributed by atoms with Gasteiger partial charge in [0.15, 0.2) is 0 Å². The van der Waals surface area contributed by atoms with Crippen molar-refractivity contribution < 1.29 is 15.0 Å². The lowest BCUT2D eigenvalue weighted by Crippen LogP contribution is -2.19. The quantitative estimate of drug-likeness (QED) is 0.602. The second-order valence-corrected chi connectivity index (χ2v) is 4.79. The summed E-state index contributed by atoms with van der Waals surface area (Å²) in [5.74, 6) is -0.574. The van der Waals surface area contributed by atoms with Crippen LogP contribution in [0.4, 0.5) is 0 Å². The highest BCUT2D eigenvalue weighted by atomic mass is 35.5. The Balaban J connectivity index is 2.15. The van der Waals surface area contributed by atoms with Gasteiger partial charge in [-0.25, -0.2) is 5.43 Å². The monoisotopic (exact) mass is 304 g/mol. The van der Waals surface area contributed by atoms with Crippen LogP contribution in [0.2, 0.25) is 5.02 Å². The summed E-state index contributed by atoms with van der Waals surface area (Å²) in [7, 11) is 0. The smallest absolute Gasteiger partial charge is 0.271 e. The second kappa shape index (κ2) is 6.28. The number of benzene rings is 2. The van der Waals surface area contributed by atoms with E-state index in [4.69, 9.17) is 11.6 Å². The van der Waals surface area contributed by atoms with E-state index in [0.717, 1.165) is 0 Å². The second-order valence-electron chi connectivity index (χ2n) is 4.35. The highest BCUT2D eigenvalue weighted by Gasteiger charge is 2.08. The molecule has 0 saturated heterocycles. The third-order valence-electron chi connectivity index (χ3n) is 2.78. The number of halogens is 1. The molecule has 0 heterocycles. The van der Waals surface area contributed by atoms with E-state index in [0.29, 0.717) is 21.9 Å². The van der Waals surface area contributed by atoms with Crippen molar-refractivity contribution in [3.05, 3.63) is 58.6 Å². The molecular formula is C15H13ClN2O3. The van der Waals surface area contributed by atoms with Crippen LogP contribution in [-0.4, -0.2) is 21.8 Å². The SMILES string of the molecule is C/C(=N\NC(=O)c1cccc(Cl)c1)c1ccc(O)cc1O. The Bertz CT molecular complexity index is 714. The van der Waals surface area contributed by atoms with Gasteiger partial charge in [-0.05, 0) is 37.3 Å². The van der Waals surface area contributed by atoms with Crippen molar-refractivity contribution in [1.82, 2.24) is 5.43 Å². The van der Waals surface area contributed by atoms with E-state index in [1.165, 1.54) is 24.3 Å². The number of amides is 1. The van der Waals surface area contributed by atoms with Gasteiger partial charge in [0.2, 0.25) is 0 Å². The minimum absolute atomic E-state index is 0.0491. The maximum atomic E-state index is 11.9. The fraction of sp³-hybridized carbons (Fsp3) is 0.0667. The van der Waals surface area contributed by atoms with Gasteiger partial charge in [-0.3, -0.25) is 4.79 Å². The van der Waals surface area contributed by atoms with E-state index in [1.807, 2.05) is 0 Å². The Morgan fingerprint density at radius 2 is 1.95 bits per heavy atom. The molecule has 2 rings (SSSR count). The van der Waals surface area contributed by atoms with Gasteiger partial charge in [0.1, 0.15) is 11.5 Å². The Kier molecular flexibility index (Phi) is 4.45. The third kappa shape index (κ3) is 3.73. The molecule has 0 aliphatic rings. The van der Waals surface area contributed by atoms with Crippen molar-refractivity contribution in [3.8, 4) is 11.5 Å². The van der Waals surface area contributed by atoms with Crippen LogP contribution in [0.25, 0.3) is 0 Å². The number of hydrogen-bond donors (Lipinski definition) is 3. The van der Waals surface area contributed by atoms with Crippen molar-refractivity contribution >= 4 is 23.2 Å². The summed E-state index contributed by atoms with van der Waals surface area (Å²) in [6.07, 6.45) is 0. The molecule has 3 N–H and O–H groups in total. The molecule has 0 atom stereocenters. The molecule has 0 aliphatic heterocycles. The zero-order valence-electron chi connectivity index (χ0n) is 11.2. The molecule has 108 valence electrons. The molecule has 0 bridgehead atoms. The van der Waals surface area contributed by atoms with E-state index in [-0.39, 0.29) is 11.5 Å². The van der Waals surface area contributed by atoms with Gasteiger partial charge in [0, 0.05) is 22.2 Å². The van der Waals surface area contributed by atoms with Gasteiger partial charge >= 0.3 is 0 Å². The summed E-state index contributed by atoms with van der Waals surface area (Å²) in [4.78, 5) is 11.9. The van der Waals surface area contributed by atoms with Crippen molar-refractivity contribution in [1.29, 1.82) is 0 Å². The number of carbonyl (C=O) groups is 1. The Morgan fingerprint density at radius 3 is 2.62 bits per heavy atom. The first-order valence-corrected chi connectivity index (χ1v) is 6.47. The van der Waals surface area contributed by atoms with Crippen LogP contribution >= 0.6 is 11.6 Å². The third-order valence-corrected chi connectivity index (χ3v) is 3.02. The number of carbonyl (C=O) groups excluding carboxylic acids is 1. The number of phenolic OH excluding ortho intramolecular Hbond substituents is 2. The van der Waals surface area contributed by atoms with E-state index in [1.54, 1.807) is 25.1 Å². The fourth-order valence-corrected chi connectivity index (χ4v) is 1.91. The molecule has 0 saturated carbocycles. The van der Waals surface area contributed by atoms with E-state index in [2.05, 4.69) is 10.5 Å². The molecule has 6 heteroatoms. The molecule has 0 aromatic heterocycles. The average Bonchev–Trinajstić information content (AvgIpc) is 2.44. The van der Waals surface area contributed by atoms with Gasteiger partial charge in [-0.15, -0.1) is 0 Å². The maximum absolute atomic E-state index is 11.9. The lowest BCUT2D eigenvalue weighted by Gasteiger charge is -2.05. The Morgan fingerprint density at radius 1 is 1.19 bits per heavy atom. The first-order valence-electron chi connectivity index (χ1n) is 6.10. The van der Waals surface area contributed by atoms with Crippen molar-refractivity contribution in [2.75, 3.05) is 0 Å². The van der Waals surface area contributed by atoms with Gasteiger partial charge < -0.3 is 10.2 Å². The summed E-state index contributed by atoms with van der Waals surface area (Å²) in [6.45, 7) is 1.63. The standard InChI is InChI=1S/C15H13ClN2O3/c1-9(13-6-5-12(19)8-14(13)20)17-18-15(21)10-3-2-4-11(16)7-10/h2-8,19-20H,1H3,(H,18,21)/b17-9+. The lowest BCUT2D eigenvalue weighted by atomic mass is 10.1. The van der Waals surface area contributed by atoms with Crippen LogP contribution in [-0.2, 0) is 0 Å². The van der Waals surface area contributed by atoms with Crippen LogP contribution in [0.5, 0.6) is 11.5 Å². The number of rotatable bonds is 3. The number of phenols is 2. The van der Waals surface area contributed by atoms with E-state index in [9.17, 15) is 15.0 Å². The molecular weight excluding hydrogens is 292 g/mol. The molecule has 1 amide bonds. The van der Waals surface area contributed by atoms with Crippen LogP contribution in [0.3, 0.4) is 0 Å². The number of aromatic hydroxyl groups is 2.